The van der Waals surface area contributed by atoms with Crippen LogP contribution >= 0.6 is 11.6 Å². The Hall–Kier alpha value is -1.22. The van der Waals surface area contributed by atoms with Gasteiger partial charge in [0.25, 0.3) is 0 Å². The molecule has 0 amide bonds. The molecule has 0 radical (unpaired) electrons. The molecule has 2 saturated carbocycles. The van der Waals surface area contributed by atoms with Crippen LogP contribution in [0.5, 0.6) is 0 Å². The molecule has 2 aromatic rings. The van der Waals surface area contributed by atoms with Crippen LogP contribution in [0.4, 0.5) is 13.2 Å². The second-order valence-corrected chi connectivity index (χ2v) is 8.96. The van der Waals surface area contributed by atoms with Crippen molar-refractivity contribution in [3.05, 3.63) is 46.2 Å². The van der Waals surface area contributed by atoms with E-state index in [-0.39, 0.29) is 21.7 Å². The van der Waals surface area contributed by atoms with Crippen LogP contribution in [0.1, 0.15) is 69.8 Å². The highest BCUT2D eigenvalue weighted by atomic mass is 35.5. The van der Waals surface area contributed by atoms with E-state index in [9.17, 15) is 13.2 Å². The smallest absolute Gasteiger partial charge is 0.152 e. The van der Waals surface area contributed by atoms with Crippen LogP contribution in [-0.4, -0.2) is 0 Å². The molecule has 0 bridgehead atoms. The third-order valence-corrected chi connectivity index (χ3v) is 7.30. The van der Waals surface area contributed by atoms with Gasteiger partial charge in [0.05, 0.1) is 10.4 Å². The average Bonchev–Trinajstić information content (AvgIpc) is 2.64. The lowest BCUT2D eigenvalue weighted by atomic mass is 9.63. The maximum atomic E-state index is 14.8. The fraction of sp³-hybridized carbons (Fsp3) is 0.565. The third-order valence-electron chi connectivity index (χ3n) is 6.92. The predicted octanol–water partition coefficient (Wildman–Crippen LogP) is 8.01. The number of fused-ring (bicyclic) bond motifs is 2. The minimum absolute atomic E-state index is 0.0103. The number of benzene rings is 2. The molecule has 0 nitrogen and oxygen atoms in total. The van der Waals surface area contributed by atoms with Gasteiger partial charge in [0.1, 0.15) is 11.6 Å². The van der Waals surface area contributed by atoms with Crippen LogP contribution < -0.4 is 0 Å². The van der Waals surface area contributed by atoms with Gasteiger partial charge in [0.2, 0.25) is 0 Å². The van der Waals surface area contributed by atoms with E-state index in [1.165, 1.54) is 38.2 Å². The first-order valence-corrected chi connectivity index (χ1v) is 10.6. The van der Waals surface area contributed by atoms with Gasteiger partial charge < -0.3 is 0 Å². The molecule has 2 aromatic carbocycles. The highest BCUT2D eigenvalue weighted by Crippen LogP contribution is 2.50. The summed E-state index contributed by atoms with van der Waals surface area (Å²) in [5, 5.41) is 0.0632. The van der Waals surface area contributed by atoms with Gasteiger partial charge in [-0.3, -0.25) is 0 Å². The van der Waals surface area contributed by atoms with E-state index in [0.29, 0.717) is 12.0 Å². The summed E-state index contributed by atoms with van der Waals surface area (Å²) in [6, 6.07) is 3.62. The summed E-state index contributed by atoms with van der Waals surface area (Å²) < 4.78 is 42.5. The fourth-order valence-electron chi connectivity index (χ4n) is 5.64. The minimum atomic E-state index is -0.895. The highest BCUT2D eigenvalue weighted by molar-refractivity contribution is 6.32. The molecule has 4 heteroatoms. The zero-order chi connectivity index (χ0) is 19.1. The largest absolute Gasteiger partial charge is 0.207 e. The Balaban J connectivity index is 1.61. The van der Waals surface area contributed by atoms with Gasteiger partial charge in [-0.15, -0.1) is 0 Å². The molecular formula is C23H26ClF3. The van der Waals surface area contributed by atoms with E-state index >= 15 is 0 Å². The molecule has 0 aliphatic heterocycles. The van der Waals surface area contributed by atoms with Gasteiger partial charge in [-0.05, 0) is 78.9 Å². The number of hydrogen-bond donors (Lipinski definition) is 0. The van der Waals surface area contributed by atoms with E-state index < -0.39 is 17.5 Å². The van der Waals surface area contributed by atoms with Gasteiger partial charge in [0.15, 0.2) is 5.82 Å². The summed E-state index contributed by atoms with van der Waals surface area (Å²) >= 11 is 6.32. The van der Waals surface area contributed by atoms with E-state index in [4.69, 9.17) is 11.6 Å². The maximum absolute atomic E-state index is 14.8. The summed E-state index contributed by atoms with van der Waals surface area (Å²) in [6.45, 7) is 2.25. The summed E-state index contributed by atoms with van der Waals surface area (Å²) in [5.74, 6) is 0.128. The first-order chi connectivity index (χ1) is 13.0. The molecular weight excluding hydrogens is 369 g/mol. The summed E-state index contributed by atoms with van der Waals surface area (Å²) in [6.07, 6.45) is 9.55. The lowest BCUT2D eigenvalue weighted by molar-refractivity contribution is 0.114. The Kier molecular flexibility index (Phi) is 5.42. The number of rotatable bonds is 3. The number of hydrogen-bond acceptors (Lipinski definition) is 0. The predicted molar refractivity (Wildman–Crippen MR) is 105 cm³/mol. The lowest BCUT2D eigenvalue weighted by Gasteiger charge is -2.42. The maximum Gasteiger partial charge on any atom is 0.152 e. The zero-order valence-corrected chi connectivity index (χ0v) is 16.5. The Labute approximate surface area is 164 Å². The molecule has 0 heterocycles. The Morgan fingerprint density at radius 3 is 2.48 bits per heavy atom. The van der Waals surface area contributed by atoms with Crippen molar-refractivity contribution in [2.45, 2.75) is 64.2 Å². The standard InChI is InChI=1S/C23H26ClF3/c1-2-3-13-4-5-15-9-16(7-6-14(15)8-13)19-11-17-10-18(25)12-20(26)21(17)23(27)22(19)24/h10-16H,2-9H2,1H3. The van der Waals surface area contributed by atoms with E-state index in [1.807, 2.05) is 0 Å². The summed E-state index contributed by atoms with van der Waals surface area (Å²) in [4.78, 5) is 0. The van der Waals surface area contributed by atoms with Gasteiger partial charge >= 0.3 is 0 Å². The van der Waals surface area contributed by atoms with E-state index in [2.05, 4.69) is 6.92 Å². The third kappa shape index (κ3) is 3.60. The molecule has 0 saturated heterocycles. The van der Waals surface area contributed by atoms with Crippen LogP contribution in [0.15, 0.2) is 18.2 Å². The Bertz CT molecular complexity index is 847. The zero-order valence-electron chi connectivity index (χ0n) is 15.7. The van der Waals surface area contributed by atoms with Crippen molar-refractivity contribution in [3.63, 3.8) is 0 Å². The molecule has 4 rings (SSSR count). The van der Waals surface area contributed by atoms with Crippen molar-refractivity contribution < 1.29 is 13.2 Å². The lowest BCUT2D eigenvalue weighted by Crippen LogP contribution is -2.30. The van der Waals surface area contributed by atoms with Crippen LogP contribution in [0.2, 0.25) is 5.02 Å². The summed E-state index contributed by atoms with van der Waals surface area (Å²) in [5.41, 5.74) is 0.723. The molecule has 2 aliphatic carbocycles. The second kappa shape index (κ2) is 7.66. The van der Waals surface area contributed by atoms with Crippen molar-refractivity contribution in [2.24, 2.45) is 17.8 Å². The van der Waals surface area contributed by atoms with Gasteiger partial charge in [-0.2, -0.15) is 0 Å². The van der Waals surface area contributed by atoms with Gasteiger partial charge in [-0.25, -0.2) is 13.2 Å². The monoisotopic (exact) mass is 394 g/mol. The number of halogens is 4. The minimum Gasteiger partial charge on any atom is -0.207 e. The van der Waals surface area contributed by atoms with Crippen LogP contribution in [0.3, 0.4) is 0 Å². The normalized spacial score (nSPS) is 28.3. The van der Waals surface area contributed by atoms with E-state index in [0.717, 1.165) is 36.7 Å². The van der Waals surface area contributed by atoms with Crippen LogP contribution in [0, 0.1) is 35.2 Å². The highest BCUT2D eigenvalue weighted by Gasteiger charge is 2.36. The first kappa shape index (κ1) is 19.1. The quantitative estimate of drug-likeness (QED) is 0.494. The molecule has 0 aromatic heterocycles. The molecule has 4 atom stereocenters. The molecule has 27 heavy (non-hydrogen) atoms. The topological polar surface area (TPSA) is 0 Å². The molecule has 0 N–H and O–H groups in total. The van der Waals surface area contributed by atoms with E-state index in [1.54, 1.807) is 6.07 Å². The van der Waals surface area contributed by atoms with Crippen molar-refractivity contribution in [1.82, 2.24) is 0 Å². The molecule has 146 valence electrons. The molecule has 4 unspecified atom stereocenters. The van der Waals surface area contributed by atoms with Crippen LogP contribution in [0.25, 0.3) is 10.8 Å². The van der Waals surface area contributed by atoms with Crippen molar-refractivity contribution in [1.29, 1.82) is 0 Å². The van der Waals surface area contributed by atoms with Crippen molar-refractivity contribution in [2.75, 3.05) is 0 Å². The summed E-state index contributed by atoms with van der Waals surface area (Å²) in [7, 11) is 0. The molecule has 2 aliphatic rings. The molecule has 2 fully saturated rings. The average molecular weight is 395 g/mol. The SMILES string of the molecule is CCCC1CCC2CC(c3cc4cc(F)cc(F)c4c(F)c3Cl)CCC2C1. The first-order valence-electron chi connectivity index (χ1n) is 10.2. The fourth-order valence-corrected chi connectivity index (χ4v) is 5.95. The molecule has 0 spiro atoms. The van der Waals surface area contributed by atoms with Gasteiger partial charge in [0, 0.05) is 6.07 Å². The van der Waals surface area contributed by atoms with Gasteiger partial charge in [-0.1, -0.05) is 37.8 Å². The Morgan fingerprint density at radius 1 is 0.963 bits per heavy atom. The van der Waals surface area contributed by atoms with Crippen molar-refractivity contribution >= 4 is 22.4 Å². The van der Waals surface area contributed by atoms with Crippen LogP contribution in [-0.2, 0) is 0 Å². The van der Waals surface area contributed by atoms with Crippen molar-refractivity contribution in [3.8, 4) is 0 Å². The second-order valence-electron chi connectivity index (χ2n) is 8.58. The Morgan fingerprint density at radius 2 is 1.70 bits per heavy atom.